The molecule has 0 spiro atoms. The zero-order chi connectivity index (χ0) is 28.6. The summed E-state index contributed by atoms with van der Waals surface area (Å²) in [4.78, 5) is 45.1. The highest BCUT2D eigenvalue weighted by Crippen LogP contribution is 2.14. The van der Waals surface area contributed by atoms with Crippen molar-refractivity contribution in [2.45, 2.75) is 154 Å². The van der Waals surface area contributed by atoms with Crippen molar-refractivity contribution in [2.75, 3.05) is 0 Å². The van der Waals surface area contributed by atoms with Gasteiger partial charge in [0, 0.05) is 12.8 Å². The van der Waals surface area contributed by atoms with Crippen LogP contribution in [0.25, 0.3) is 0 Å². The highest BCUT2D eigenvalue weighted by molar-refractivity contribution is 7.96. The van der Waals surface area contributed by atoms with E-state index in [9.17, 15) is 29.4 Å². The normalized spacial score (nSPS) is 13.6. The predicted molar refractivity (Wildman–Crippen MR) is 152 cm³/mol. The van der Waals surface area contributed by atoms with E-state index in [0.29, 0.717) is 6.42 Å². The summed E-state index contributed by atoms with van der Waals surface area (Å²) < 4.78 is 0. The van der Waals surface area contributed by atoms with Gasteiger partial charge in [-0.2, -0.15) is 0 Å². The smallest absolute Gasteiger partial charge is 0.326 e. The molecule has 10 heteroatoms. The standard InChI is InChI=1S/C28H52N2O7S/c1-22(28(37)38)29-25(32)21-20-23(27(35)36)30-24(31)18-16-14-12-10-8-6-4-2-3-5-7-9-11-13-15-17-19-26(33)34/h22-23,25,29,32H,2-21H2,1H3,(H,30,31)(H,33,34)(H,35,36)(H,37,38)/t22-,23-,25?/m0/s1. The fraction of sp³-hybridized carbons (Fsp3) is 0.857. The van der Waals surface area contributed by atoms with Crippen molar-refractivity contribution >= 4 is 35.6 Å². The van der Waals surface area contributed by atoms with Gasteiger partial charge in [-0.15, -0.1) is 12.6 Å². The molecule has 9 nitrogen and oxygen atoms in total. The van der Waals surface area contributed by atoms with Crippen LogP contribution in [0.3, 0.4) is 0 Å². The number of carbonyl (C=O) groups is 4. The van der Waals surface area contributed by atoms with Crippen LogP contribution in [0.5, 0.6) is 0 Å². The first-order valence-corrected chi connectivity index (χ1v) is 15.0. The molecule has 0 bridgehead atoms. The lowest BCUT2D eigenvalue weighted by atomic mass is 10.0. The van der Waals surface area contributed by atoms with Gasteiger partial charge >= 0.3 is 11.9 Å². The Morgan fingerprint density at radius 3 is 1.42 bits per heavy atom. The van der Waals surface area contributed by atoms with Crippen molar-refractivity contribution in [3.05, 3.63) is 0 Å². The van der Waals surface area contributed by atoms with E-state index in [0.717, 1.165) is 44.9 Å². The number of aliphatic carboxylic acids is 2. The number of carboxylic acids is 2. The zero-order valence-corrected chi connectivity index (χ0v) is 24.2. The largest absolute Gasteiger partial charge is 0.481 e. The van der Waals surface area contributed by atoms with Gasteiger partial charge in [-0.3, -0.25) is 19.7 Å². The third-order valence-electron chi connectivity index (χ3n) is 6.72. The van der Waals surface area contributed by atoms with Crippen LogP contribution in [-0.4, -0.2) is 56.6 Å². The molecule has 38 heavy (non-hydrogen) atoms. The summed E-state index contributed by atoms with van der Waals surface area (Å²) in [6.45, 7) is 1.55. The number of unbranched alkanes of at least 4 members (excludes halogenated alkanes) is 15. The molecule has 0 aromatic carbocycles. The van der Waals surface area contributed by atoms with Crippen LogP contribution < -0.4 is 10.6 Å². The van der Waals surface area contributed by atoms with E-state index >= 15 is 0 Å². The average molecular weight is 561 g/mol. The van der Waals surface area contributed by atoms with Crippen molar-refractivity contribution < 1.29 is 34.5 Å². The number of nitrogens with one attached hydrogen (secondary N) is 2. The Morgan fingerprint density at radius 1 is 0.658 bits per heavy atom. The molecule has 0 fully saturated rings. The summed E-state index contributed by atoms with van der Waals surface area (Å²) in [5, 5.41) is 32.6. The highest BCUT2D eigenvalue weighted by Gasteiger charge is 2.22. The number of aliphatic hydroxyl groups excluding tert-OH is 1. The van der Waals surface area contributed by atoms with Crippen molar-refractivity contribution in [1.29, 1.82) is 0 Å². The predicted octanol–water partition coefficient (Wildman–Crippen LogP) is 5.20. The third kappa shape index (κ3) is 23.5. The second kappa shape index (κ2) is 24.4. The molecule has 0 heterocycles. The van der Waals surface area contributed by atoms with E-state index in [4.69, 9.17) is 5.11 Å². The molecule has 222 valence electrons. The molecule has 0 radical (unpaired) electrons. The molecular formula is C28H52N2O7S. The van der Waals surface area contributed by atoms with Crippen LogP contribution in [0, 0.1) is 0 Å². The number of rotatable bonds is 27. The van der Waals surface area contributed by atoms with Crippen LogP contribution in [0.1, 0.15) is 135 Å². The topological polar surface area (TPSA) is 153 Å². The Bertz CT molecular complexity index is 663. The quantitative estimate of drug-likeness (QED) is 0.0456. The third-order valence-corrected chi connectivity index (χ3v) is 7.11. The SMILES string of the molecule is C[C@H](NC(O)CC[C@H](NC(=O)CCCCCCCCCCCCCCCCCCC(=O)O)C(=O)O)C(=O)S. The van der Waals surface area contributed by atoms with E-state index in [2.05, 4.69) is 23.3 Å². The second-order valence-corrected chi connectivity index (χ2v) is 10.8. The number of aliphatic hydroxyl groups is 1. The van der Waals surface area contributed by atoms with Crippen LogP contribution in [0.4, 0.5) is 0 Å². The van der Waals surface area contributed by atoms with Gasteiger partial charge < -0.3 is 20.6 Å². The summed E-state index contributed by atoms with van der Waals surface area (Å²) in [5.41, 5.74) is 0. The van der Waals surface area contributed by atoms with E-state index in [1.165, 1.54) is 57.8 Å². The number of hydrogen-bond donors (Lipinski definition) is 6. The van der Waals surface area contributed by atoms with Crippen LogP contribution in [0.15, 0.2) is 0 Å². The molecule has 0 aromatic heterocycles. The molecule has 1 amide bonds. The lowest BCUT2D eigenvalue weighted by Gasteiger charge is -2.19. The molecule has 0 aliphatic heterocycles. The molecule has 0 aliphatic carbocycles. The Labute approximate surface area is 234 Å². The molecule has 1 unspecified atom stereocenters. The molecule has 0 rings (SSSR count). The number of amides is 1. The Balaban J connectivity index is 3.61. The minimum Gasteiger partial charge on any atom is -0.481 e. The fourth-order valence-electron chi connectivity index (χ4n) is 4.33. The van der Waals surface area contributed by atoms with Gasteiger partial charge in [-0.25, -0.2) is 4.79 Å². The second-order valence-electron chi connectivity index (χ2n) is 10.3. The first kappa shape index (κ1) is 36.4. The molecule has 3 atom stereocenters. The molecular weight excluding hydrogens is 508 g/mol. The maximum atomic E-state index is 12.1. The maximum Gasteiger partial charge on any atom is 0.326 e. The highest BCUT2D eigenvalue weighted by atomic mass is 32.1. The van der Waals surface area contributed by atoms with Crippen molar-refractivity contribution in [2.24, 2.45) is 0 Å². The monoisotopic (exact) mass is 560 g/mol. The van der Waals surface area contributed by atoms with Gasteiger partial charge in [-0.05, 0) is 32.6 Å². The molecule has 0 aliphatic rings. The average Bonchev–Trinajstić information content (AvgIpc) is 2.85. The summed E-state index contributed by atoms with van der Waals surface area (Å²) >= 11 is 3.68. The van der Waals surface area contributed by atoms with Crippen LogP contribution >= 0.6 is 12.6 Å². The minimum absolute atomic E-state index is 0.0545. The Hall–Kier alpha value is -1.65. The molecule has 5 N–H and O–H groups in total. The van der Waals surface area contributed by atoms with Gasteiger partial charge in [0.15, 0.2) is 0 Å². The van der Waals surface area contributed by atoms with E-state index in [1.807, 2.05) is 0 Å². The van der Waals surface area contributed by atoms with Gasteiger partial charge in [0.1, 0.15) is 12.3 Å². The van der Waals surface area contributed by atoms with Gasteiger partial charge in [0.25, 0.3) is 0 Å². The molecule has 0 aromatic rings. The van der Waals surface area contributed by atoms with E-state index in [-0.39, 0.29) is 25.2 Å². The number of hydrogen-bond acceptors (Lipinski definition) is 6. The summed E-state index contributed by atoms with van der Waals surface area (Å²) in [7, 11) is 0. The van der Waals surface area contributed by atoms with E-state index < -0.39 is 35.4 Å². The number of carbonyl (C=O) groups excluding carboxylic acids is 2. The van der Waals surface area contributed by atoms with Crippen LogP contribution in [0.2, 0.25) is 0 Å². The summed E-state index contributed by atoms with van der Waals surface area (Å²) in [5.74, 6) is -2.13. The maximum absolute atomic E-state index is 12.1. The van der Waals surface area contributed by atoms with Crippen molar-refractivity contribution in [3.63, 3.8) is 0 Å². The van der Waals surface area contributed by atoms with Crippen molar-refractivity contribution in [1.82, 2.24) is 10.6 Å². The Kier molecular flexibility index (Phi) is 23.3. The lowest BCUT2D eigenvalue weighted by Crippen LogP contribution is -2.44. The zero-order valence-electron chi connectivity index (χ0n) is 23.3. The minimum atomic E-state index is -1.14. The summed E-state index contributed by atoms with van der Waals surface area (Å²) in [6, 6.07) is -1.72. The molecule has 0 saturated heterocycles. The first-order valence-electron chi connectivity index (χ1n) is 14.5. The first-order chi connectivity index (χ1) is 18.1. The number of thiol groups is 1. The van der Waals surface area contributed by atoms with E-state index in [1.54, 1.807) is 6.92 Å². The van der Waals surface area contributed by atoms with Gasteiger partial charge in [0.2, 0.25) is 11.0 Å². The van der Waals surface area contributed by atoms with Crippen molar-refractivity contribution in [3.8, 4) is 0 Å². The van der Waals surface area contributed by atoms with Gasteiger partial charge in [0.05, 0.1) is 6.04 Å². The van der Waals surface area contributed by atoms with Crippen LogP contribution in [-0.2, 0) is 19.2 Å². The van der Waals surface area contributed by atoms with Gasteiger partial charge in [-0.1, -0.05) is 89.9 Å². The fourth-order valence-corrected chi connectivity index (χ4v) is 4.40. The number of carboxylic acid groups (broad SMARTS) is 2. The summed E-state index contributed by atoms with van der Waals surface area (Å²) in [6.07, 6.45) is 17.8. The molecule has 0 saturated carbocycles. The Morgan fingerprint density at radius 2 is 1.05 bits per heavy atom. The lowest BCUT2D eigenvalue weighted by molar-refractivity contribution is -0.142.